The normalized spacial score (nSPS) is 20.8. The minimum atomic E-state index is -0.493. The van der Waals surface area contributed by atoms with Gasteiger partial charge in [-0.25, -0.2) is 0 Å². The van der Waals surface area contributed by atoms with Crippen molar-refractivity contribution in [2.75, 3.05) is 47.2 Å². The van der Waals surface area contributed by atoms with Crippen LogP contribution in [0.3, 0.4) is 0 Å². The monoisotopic (exact) mass is 496 g/mol. The molecule has 2 aliphatic heterocycles. The van der Waals surface area contributed by atoms with Gasteiger partial charge in [-0.05, 0) is 48.7 Å². The Bertz CT molecular complexity index is 1060. The Morgan fingerprint density at radius 3 is 2.47 bits per heavy atom. The Balaban J connectivity index is 1.71. The first-order valence-corrected chi connectivity index (χ1v) is 12.6. The highest BCUT2D eigenvalue weighted by Crippen LogP contribution is 2.48. The molecule has 0 aromatic heterocycles. The molecule has 0 saturated carbocycles. The van der Waals surface area contributed by atoms with Crippen molar-refractivity contribution in [1.29, 1.82) is 0 Å². The SMILES string of the molecule is CCCCN(C)C(=O)CN1C[C@H](c2ccc3c(c2)OCO3)[C@@H](C(=O)OCC)[C@@H]1c1ccc(OC)cc1. The molecule has 0 aliphatic carbocycles. The molecule has 4 rings (SSSR count). The van der Waals surface area contributed by atoms with Gasteiger partial charge in [-0.2, -0.15) is 0 Å². The third kappa shape index (κ3) is 5.43. The number of carbonyl (C=O) groups excluding carboxylic acids is 2. The van der Waals surface area contributed by atoms with Gasteiger partial charge in [-0.3, -0.25) is 14.5 Å². The number of likely N-dealkylation sites (N-methyl/N-ethyl adjacent to an activating group) is 1. The number of ether oxygens (including phenoxy) is 4. The first-order valence-electron chi connectivity index (χ1n) is 12.6. The van der Waals surface area contributed by atoms with E-state index in [1.165, 1.54) is 0 Å². The summed E-state index contributed by atoms with van der Waals surface area (Å²) >= 11 is 0. The van der Waals surface area contributed by atoms with Crippen LogP contribution in [0.5, 0.6) is 17.2 Å². The molecule has 0 radical (unpaired) electrons. The lowest BCUT2D eigenvalue weighted by Crippen LogP contribution is -2.39. The van der Waals surface area contributed by atoms with E-state index < -0.39 is 5.92 Å². The van der Waals surface area contributed by atoms with Crippen molar-refractivity contribution >= 4 is 11.9 Å². The van der Waals surface area contributed by atoms with E-state index in [0.29, 0.717) is 24.6 Å². The highest BCUT2D eigenvalue weighted by molar-refractivity contribution is 5.79. The summed E-state index contributed by atoms with van der Waals surface area (Å²) in [5.41, 5.74) is 1.91. The average molecular weight is 497 g/mol. The molecule has 8 heteroatoms. The highest BCUT2D eigenvalue weighted by atomic mass is 16.7. The molecule has 3 atom stereocenters. The van der Waals surface area contributed by atoms with Gasteiger partial charge < -0.3 is 23.8 Å². The van der Waals surface area contributed by atoms with Crippen LogP contribution < -0.4 is 14.2 Å². The molecule has 0 spiro atoms. The highest BCUT2D eigenvalue weighted by Gasteiger charge is 2.48. The van der Waals surface area contributed by atoms with E-state index in [4.69, 9.17) is 18.9 Å². The number of amides is 1. The topological polar surface area (TPSA) is 77.5 Å². The maximum absolute atomic E-state index is 13.5. The number of nitrogens with zero attached hydrogens (tertiary/aromatic N) is 2. The number of fused-ring (bicyclic) bond motifs is 1. The quantitative estimate of drug-likeness (QED) is 0.460. The van der Waals surface area contributed by atoms with Crippen LogP contribution in [0.25, 0.3) is 0 Å². The van der Waals surface area contributed by atoms with Crippen molar-refractivity contribution < 1.29 is 28.5 Å². The van der Waals surface area contributed by atoms with Gasteiger partial charge in [0.25, 0.3) is 0 Å². The second-order valence-corrected chi connectivity index (χ2v) is 9.31. The molecule has 1 amide bonds. The second-order valence-electron chi connectivity index (χ2n) is 9.31. The summed E-state index contributed by atoms with van der Waals surface area (Å²) in [4.78, 5) is 30.5. The van der Waals surface area contributed by atoms with Crippen molar-refractivity contribution in [1.82, 2.24) is 9.80 Å². The van der Waals surface area contributed by atoms with Crippen LogP contribution in [-0.2, 0) is 14.3 Å². The van der Waals surface area contributed by atoms with E-state index in [-0.39, 0.29) is 43.8 Å². The summed E-state index contributed by atoms with van der Waals surface area (Å²) in [6, 6.07) is 13.2. The van der Waals surface area contributed by atoms with Crippen molar-refractivity contribution in [2.24, 2.45) is 5.92 Å². The van der Waals surface area contributed by atoms with E-state index in [1.54, 1.807) is 12.0 Å². The fourth-order valence-corrected chi connectivity index (χ4v) is 5.11. The van der Waals surface area contributed by atoms with Gasteiger partial charge in [0.05, 0.1) is 26.2 Å². The third-order valence-corrected chi connectivity index (χ3v) is 7.05. The zero-order chi connectivity index (χ0) is 25.7. The van der Waals surface area contributed by atoms with Crippen LogP contribution in [0.15, 0.2) is 42.5 Å². The zero-order valence-corrected chi connectivity index (χ0v) is 21.6. The molecular formula is C28H36N2O6. The summed E-state index contributed by atoms with van der Waals surface area (Å²) < 4.78 is 22.0. The van der Waals surface area contributed by atoms with Crippen LogP contribution >= 0.6 is 0 Å². The molecule has 1 fully saturated rings. The lowest BCUT2D eigenvalue weighted by molar-refractivity contribution is -0.149. The molecular weight excluding hydrogens is 460 g/mol. The van der Waals surface area contributed by atoms with Gasteiger partial charge in [-0.1, -0.05) is 31.5 Å². The molecule has 0 unspecified atom stereocenters. The lowest BCUT2D eigenvalue weighted by Gasteiger charge is -2.29. The number of carbonyl (C=O) groups is 2. The average Bonchev–Trinajstić information content (AvgIpc) is 3.51. The van der Waals surface area contributed by atoms with E-state index in [2.05, 4.69) is 11.8 Å². The van der Waals surface area contributed by atoms with Crippen molar-refractivity contribution in [2.45, 2.75) is 38.6 Å². The minimum Gasteiger partial charge on any atom is -0.497 e. The first-order chi connectivity index (χ1) is 17.5. The van der Waals surface area contributed by atoms with Gasteiger partial charge >= 0.3 is 5.97 Å². The largest absolute Gasteiger partial charge is 0.497 e. The Labute approximate surface area is 213 Å². The number of benzene rings is 2. The predicted molar refractivity (Wildman–Crippen MR) is 135 cm³/mol. The van der Waals surface area contributed by atoms with Crippen molar-refractivity contribution in [3.8, 4) is 17.2 Å². The van der Waals surface area contributed by atoms with Gasteiger partial charge in [0.15, 0.2) is 11.5 Å². The van der Waals surface area contributed by atoms with Gasteiger partial charge in [0.2, 0.25) is 12.7 Å². The standard InChI is InChI=1S/C28H36N2O6/c1-5-7-14-29(3)25(31)17-30-16-22(20-10-13-23-24(15-20)36-18-35-23)26(28(32)34-6-2)27(30)19-8-11-21(33-4)12-9-19/h8-13,15,22,26-27H,5-7,14,16-18H2,1-4H3/t22-,26-,27+/m1/s1. The van der Waals surface area contributed by atoms with Crippen LogP contribution in [0.2, 0.25) is 0 Å². The Morgan fingerprint density at radius 1 is 1.06 bits per heavy atom. The summed E-state index contributed by atoms with van der Waals surface area (Å²) in [6.45, 7) is 5.86. The van der Waals surface area contributed by atoms with Gasteiger partial charge in [0, 0.05) is 32.1 Å². The van der Waals surface area contributed by atoms with E-state index in [1.807, 2.05) is 56.4 Å². The second kappa shape index (κ2) is 11.6. The number of likely N-dealkylation sites (tertiary alicyclic amines) is 1. The summed E-state index contributed by atoms with van der Waals surface area (Å²) in [5, 5.41) is 0. The molecule has 8 nitrogen and oxygen atoms in total. The van der Waals surface area contributed by atoms with E-state index in [9.17, 15) is 9.59 Å². The number of unbranched alkanes of at least 4 members (excludes halogenated alkanes) is 1. The molecule has 2 aliphatic rings. The first kappa shape index (κ1) is 25.8. The van der Waals surface area contributed by atoms with Crippen LogP contribution in [-0.4, -0.2) is 68.9 Å². The van der Waals surface area contributed by atoms with Crippen molar-refractivity contribution in [3.63, 3.8) is 0 Å². The van der Waals surface area contributed by atoms with Crippen LogP contribution in [0.4, 0.5) is 0 Å². The molecule has 36 heavy (non-hydrogen) atoms. The number of esters is 1. The predicted octanol–water partition coefficient (Wildman–Crippen LogP) is 4.00. The number of rotatable bonds is 10. The molecule has 194 valence electrons. The van der Waals surface area contributed by atoms with E-state index in [0.717, 1.165) is 29.7 Å². The number of methoxy groups -OCH3 is 1. The minimum absolute atomic E-state index is 0.0379. The Hall–Kier alpha value is -3.26. The van der Waals surface area contributed by atoms with Crippen LogP contribution in [0, 0.1) is 5.92 Å². The van der Waals surface area contributed by atoms with E-state index >= 15 is 0 Å². The number of hydrogen-bond donors (Lipinski definition) is 0. The molecule has 0 N–H and O–H groups in total. The summed E-state index contributed by atoms with van der Waals surface area (Å²) in [6.07, 6.45) is 1.97. The maximum atomic E-state index is 13.5. The summed E-state index contributed by atoms with van der Waals surface area (Å²) in [5.74, 6) is 1.20. The van der Waals surface area contributed by atoms with Crippen molar-refractivity contribution in [3.05, 3.63) is 53.6 Å². The molecule has 2 heterocycles. The lowest BCUT2D eigenvalue weighted by atomic mass is 9.82. The summed E-state index contributed by atoms with van der Waals surface area (Å²) in [7, 11) is 3.47. The Morgan fingerprint density at radius 2 is 1.78 bits per heavy atom. The third-order valence-electron chi connectivity index (χ3n) is 7.05. The zero-order valence-electron chi connectivity index (χ0n) is 21.6. The molecule has 1 saturated heterocycles. The molecule has 2 aromatic rings. The smallest absolute Gasteiger partial charge is 0.311 e. The molecule has 2 aromatic carbocycles. The van der Waals surface area contributed by atoms with Crippen LogP contribution in [0.1, 0.15) is 49.8 Å². The fraction of sp³-hybridized carbons (Fsp3) is 0.500. The Kier molecular flexibility index (Phi) is 8.36. The fourth-order valence-electron chi connectivity index (χ4n) is 5.11. The maximum Gasteiger partial charge on any atom is 0.311 e. The van der Waals surface area contributed by atoms with Gasteiger partial charge in [0.1, 0.15) is 5.75 Å². The van der Waals surface area contributed by atoms with Gasteiger partial charge in [-0.15, -0.1) is 0 Å². The number of hydrogen-bond acceptors (Lipinski definition) is 7. The molecule has 0 bridgehead atoms.